The molecule has 1 saturated heterocycles. The second-order valence-electron chi connectivity index (χ2n) is 11.8. The van der Waals surface area contributed by atoms with Crippen LogP contribution in [0.3, 0.4) is 0 Å². The number of benzene rings is 2. The van der Waals surface area contributed by atoms with Gasteiger partial charge in [-0.15, -0.1) is 0 Å². The molecule has 1 aliphatic heterocycles. The molecule has 0 spiro atoms. The quantitative estimate of drug-likeness (QED) is 0.171. The summed E-state index contributed by atoms with van der Waals surface area (Å²) in [6, 6.07) is 21.1. The Balaban J connectivity index is 1.27. The van der Waals surface area contributed by atoms with Crippen molar-refractivity contribution in [2.24, 2.45) is 0 Å². The van der Waals surface area contributed by atoms with Crippen molar-refractivity contribution < 1.29 is 9.18 Å². The third-order valence-electron chi connectivity index (χ3n) is 8.87. The molecule has 0 radical (unpaired) electrons. The molecular formula is C36H41ClFN5O. The van der Waals surface area contributed by atoms with Crippen LogP contribution in [0.2, 0.25) is 5.15 Å². The van der Waals surface area contributed by atoms with E-state index in [1.807, 2.05) is 79.7 Å². The standard InChI is InChI=1S/C36H41ClFN5O/c1-25-14-18-39-23-29(25)24-43(32-12-10-30(38)11-13-32)33-16-19-41(20-17-33)27(3)15-21-42(31-8-6-5-7-9-31)36(44)35-26(2)22-34(37)40-28(35)4/h5-14,18,22-23,27,33H,15-17,19-21,24H2,1-4H3/t27-/m1/s1. The Morgan fingerprint density at radius 1 is 1.00 bits per heavy atom. The molecule has 1 aliphatic rings. The van der Waals surface area contributed by atoms with Gasteiger partial charge in [-0.1, -0.05) is 29.8 Å². The fourth-order valence-electron chi connectivity index (χ4n) is 6.25. The minimum absolute atomic E-state index is 0.0538. The minimum atomic E-state index is -0.226. The van der Waals surface area contributed by atoms with Gasteiger partial charge in [-0.2, -0.15) is 0 Å². The van der Waals surface area contributed by atoms with E-state index in [4.69, 9.17) is 11.6 Å². The molecule has 0 bridgehead atoms. The second-order valence-corrected chi connectivity index (χ2v) is 12.2. The van der Waals surface area contributed by atoms with Crippen molar-refractivity contribution in [1.82, 2.24) is 14.9 Å². The maximum absolute atomic E-state index is 13.9. The van der Waals surface area contributed by atoms with Crippen LogP contribution in [-0.2, 0) is 6.54 Å². The first-order chi connectivity index (χ1) is 21.2. The molecule has 0 unspecified atom stereocenters. The van der Waals surface area contributed by atoms with E-state index >= 15 is 0 Å². The highest BCUT2D eigenvalue weighted by Gasteiger charge is 2.29. The van der Waals surface area contributed by atoms with E-state index in [1.165, 1.54) is 11.1 Å². The lowest BCUT2D eigenvalue weighted by Crippen LogP contribution is -2.48. The van der Waals surface area contributed by atoms with Crippen LogP contribution in [0.15, 0.2) is 79.1 Å². The van der Waals surface area contributed by atoms with Crippen molar-refractivity contribution in [1.29, 1.82) is 0 Å². The number of amides is 1. The number of pyridine rings is 2. The number of halogens is 2. The molecule has 1 fully saturated rings. The Hall–Kier alpha value is -3.81. The largest absolute Gasteiger partial charge is 0.364 e. The molecule has 0 saturated carbocycles. The molecule has 6 nitrogen and oxygen atoms in total. The molecule has 4 aromatic rings. The lowest BCUT2D eigenvalue weighted by molar-refractivity contribution is 0.0979. The van der Waals surface area contributed by atoms with E-state index in [0.29, 0.717) is 35.0 Å². The number of aryl methyl sites for hydroxylation is 3. The van der Waals surface area contributed by atoms with Gasteiger partial charge in [-0.05, 0) is 112 Å². The topological polar surface area (TPSA) is 52.6 Å². The molecule has 2 aromatic heterocycles. The van der Waals surface area contributed by atoms with Crippen LogP contribution in [0, 0.1) is 26.6 Å². The maximum Gasteiger partial charge on any atom is 0.260 e. The molecule has 3 heterocycles. The zero-order valence-corrected chi connectivity index (χ0v) is 26.8. The van der Waals surface area contributed by atoms with Gasteiger partial charge in [0.1, 0.15) is 11.0 Å². The smallest absolute Gasteiger partial charge is 0.260 e. The number of piperidine rings is 1. The van der Waals surface area contributed by atoms with Crippen LogP contribution in [0.5, 0.6) is 0 Å². The third-order valence-corrected chi connectivity index (χ3v) is 9.07. The van der Waals surface area contributed by atoms with Crippen molar-refractivity contribution in [3.8, 4) is 0 Å². The minimum Gasteiger partial charge on any atom is -0.364 e. The van der Waals surface area contributed by atoms with E-state index in [-0.39, 0.29) is 11.7 Å². The highest BCUT2D eigenvalue weighted by molar-refractivity contribution is 6.29. The van der Waals surface area contributed by atoms with Gasteiger partial charge in [0.25, 0.3) is 5.91 Å². The van der Waals surface area contributed by atoms with Gasteiger partial charge in [0.2, 0.25) is 0 Å². The lowest BCUT2D eigenvalue weighted by atomic mass is 9.98. The fourth-order valence-corrected chi connectivity index (χ4v) is 6.54. The molecule has 230 valence electrons. The molecule has 44 heavy (non-hydrogen) atoms. The van der Waals surface area contributed by atoms with Gasteiger partial charge in [0, 0.05) is 62.0 Å². The van der Waals surface area contributed by atoms with Crippen molar-refractivity contribution in [3.63, 3.8) is 0 Å². The number of hydrogen-bond donors (Lipinski definition) is 0. The van der Waals surface area contributed by atoms with Crippen LogP contribution in [0.25, 0.3) is 0 Å². The van der Waals surface area contributed by atoms with Gasteiger partial charge in [0.05, 0.1) is 11.3 Å². The summed E-state index contributed by atoms with van der Waals surface area (Å²) in [6.45, 7) is 11.3. The zero-order chi connectivity index (χ0) is 31.2. The highest BCUT2D eigenvalue weighted by Crippen LogP contribution is 2.29. The number of para-hydroxylation sites is 1. The SMILES string of the molecule is Cc1ccncc1CN(c1ccc(F)cc1)C1CCN([C@H](C)CCN(C(=O)c2c(C)cc(Cl)nc2C)c2ccccc2)CC1. The third kappa shape index (κ3) is 7.45. The van der Waals surface area contributed by atoms with E-state index in [2.05, 4.69) is 33.6 Å². The van der Waals surface area contributed by atoms with Crippen molar-refractivity contribution in [2.75, 3.05) is 29.4 Å². The number of hydrogen-bond acceptors (Lipinski definition) is 5. The first-order valence-electron chi connectivity index (χ1n) is 15.4. The van der Waals surface area contributed by atoms with E-state index in [1.54, 1.807) is 18.2 Å². The maximum atomic E-state index is 13.9. The summed E-state index contributed by atoms with van der Waals surface area (Å²) in [5, 5.41) is 0.397. The van der Waals surface area contributed by atoms with E-state index in [9.17, 15) is 9.18 Å². The van der Waals surface area contributed by atoms with E-state index in [0.717, 1.165) is 55.8 Å². The Morgan fingerprint density at radius 3 is 2.36 bits per heavy atom. The molecule has 5 rings (SSSR count). The van der Waals surface area contributed by atoms with Crippen LogP contribution in [0.1, 0.15) is 58.9 Å². The highest BCUT2D eigenvalue weighted by atomic mass is 35.5. The number of anilines is 2. The summed E-state index contributed by atoms with van der Waals surface area (Å²) in [5.41, 5.74) is 6.36. The average molecular weight is 614 g/mol. The van der Waals surface area contributed by atoms with Gasteiger partial charge >= 0.3 is 0 Å². The molecule has 2 aromatic carbocycles. The van der Waals surface area contributed by atoms with Gasteiger partial charge in [0.15, 0.2) is 0 Å². The number of rotatable bonds is 10. The first kappa shape index (κ1) is 31.6. The zero-order valence-electron chi connectivity index (χ0n) is 26.0. The predicted octanol–water partition coefficient (Wildman–Crippen LogP) is 7.79. The van der Waals surface area contributed by atoms with Gasteiger partial charge in [-0.3, -0.25) is 9.78 Å². The molecular weight excluding hydrogens is 573 g/mol. The number of likely N-dealkylation sites (tertiary alicyclic amines) is 1. The summed E-state index contributed by atoms with van der Waals surface area (Å²) >= 11 is 6.17. The number of carbonyl (C=O) groups excluding carboxylic acids is 1. The normalized spacial score (nSPS) is 14.8. The van der Waals surface area contributed by atoms with Crippen molar-refractivity contribution in [2.45, 2.75) is 65.6 Å². The lowest BCUT2D eigenvalue weighted by Gasteiger charge is -2.42. The van der Waals surface area contributed by atoms with Crippen LogP contribution in [-0.4, -0.2) is 52.5 Å². The number of carbonyl (C=O) groups is 1. The summed E-state index contributed by atoms with van der Waals surface area (Å²) in [4.78, 5) is 29.5. The average Bonchev–Trinajstić information content (AvgIpc) is 3.01. The summed E-state index contributed by atoms with van der Waals surface area (Å²) in [6.07, 6.45) is 6.59. The van der Waals surface area contributed by atoms with Gasteiger partial charge < -0.3 is 14.7 Å². The van der Waals surface area contributed by atoms with E-state index < -0.39 is 0 Å². The van der Waals surface area contributed by atoms with Crippen LogP contribution >= 0.6 is 11.6 Å². The Bertz CT molecular complexity index is 1530. The molecule has 0 aliphatic carbocycles. The Kier molecular flexibility index (Phi) is 10.3. The monoisotopic (exact) mass is 613 g/mol. The van der Waals surface area contributed by atoms with Crippen LogP contribution in [0.4, 0.5) is 15.8 Å². The Morgan fingerprint density at radius 2 is 1.70 bits per heavy atom. The number of nitrogens with zero attached hydrogens (tertiary/aromatic N) is 5. The second kappa shape index (κ2) is 14.3. The van der Waals surface area contributed by atoms with Crippen molar-refractivity contribution >= 4 is 28.9 Å². The Labute approximate surface area is 265 Å². The van der Waals surface area contributed by atoms with Crippen molar-refractivity contribution in [3.05, 3.63) is 118 Å². The molecule has 1 atom stereocenters. The summed E-state index contributed by atoms with van der Waals surface area (Å²) in [5.74, 6) is -0.280. The predicted molar refractivity (Wildman–Crippen MR) is 177 cm³/mol. The molecule has 8 heteroatoms. The van der Waals surface area contributed by atoms with Crippen LogP contribution < -0.4 is 9.80 Å². The first-order valence-corrected chi connectivity index (χ1v) is 15.8. The summed E-state index contributed by atoms with van der Waals surface area (Å²) < 4.78 is 13.8. The molecule has 1 amide bonds. The van der Waals surface area contributed by atoms with Gasteiger partial charge in [-0.25, -0.2) is 9.37 Å². The number of aromatic nitrogens is 2. The molecule has 0 N–H and O–H groups in total. The fraction of sp³-hybridized carbons (Fsp3) is 0.361. The summed E-state index contributed by atoms with van der Waals surface area (Å²) in [7, 11) is 0.